The smallest absolute Gasteiger partial charge is 0.0700 e. The zero-order valence-electron chi connectivity index (χ0n) is 23.8. The molecule has 2 unspecified atom stereocenters. The van der Waals surface area contributed by atoms with Crippen LogP contribution in [-0.4, -0.2) is 14.1 Å². The Morgan fingerprint density at radius 2 is 1.39 bits per heavy atom. The molecule has 0 saturated carbocycles. The van der Waals surface area contributed by atoms with Gasteiger partial charge in [-0.2, -0.15) is 0 Å². The first-order valence-corrected chi connectivity index (χ1v) is 16.0. The summed E-state index contributed by atoms with van der Waals surface area (Å²) >= 11 is 5.95. The van der Waals surface area contributed by atoms with E-state index in [1.807, 2.05) is 34.0 Å². The van der Waals surface area contributed by atoms with E-state index in [-0.39, 0.29) is 22.4 Å². The summed E-state index contributed by atoms with van der Waals surface area (Å²) < 4.78 is 2.89. The van der Waals surface area contributed by atoms with Crippen molar-refractivity contribution in [3.63, 3.8) is 0 Å². The molecule has 38 heavy (non-hydrogen) atoms. The van der Waals surface area contributed by atoms with Crippen molar-refractivity contribution in [1.29, 1.82) is 0 Å². The normalized spacial score (nSPS) is 20.3. The molecule has 7 rings (SSSR count). The maximum Gasteiger partial charge on any atom is 0.0700 e. The van der Waals surface area contributed by atoms with Crippen LogP contribution in [0.4, 0.5) is 0 Å². The third-order valence-corrected chi connectivity index (χ3v) is 13.2. The van der Waals surface area contributed by atoms with Gasteiger partial charge in [0.1, 0.15) is 0 Å². The van der Waals surface area contributed by atoms with Gasteiger partial charge in [0.25, 0.3) is 0 Å². The van der Waals surface area contributed by atoms with Gasteiger partial charge in [-0.3, -0.25) is 0 Å². The Labute approximate surface area is 238 Å². The van der Waals surface area contributed by atoms with Crippen molar-refractivity contribution >= 4 is 54.2 Å². The molecule has 196 valence electrons. The molecule has 5 aromatic rings. The first-order chi connectivity index (χ1) is 17.9. The van der Waals surface area contributed by atoms with E-state index < -0.39 is 0 Å². The molecule has 2 N–H and O–H groups in total. The molecule has 0 aliphatic heterocycles. The van der Waals surface area contributed by atoms with Gasteiger partial charge in [-0.25, -0.2) is 0 Å². The Balaban J connectivity index is 1.47. The van der Waals surface area contributed by atoms with Crippen molar-refractivity contribution in [2.75, 3.05) is 14.1 Å². The summed E-state index contributed by atoms with van der Waals surface area (Å²) in [7, 11) is 4.24. The fraction of sp³-hybridized carbons (Fsp3) is 0.394. The maximum absolute atomic E-state index is 3.80. The number of nitrogens with one attached hydrogen (secondary N) is 2. The molecule has 2 aliphatic rings. The lowest BCUT2D eigenvalue weighted by Crippen LogP contribution is -2.36. The monoisotopic (exact) mass is 556 g/mol. The predicted octanol–water partition coefficient (Wildman–Crippen LogP) is 9.52. The Morgan fingerprint density at radius 1 is 0.737 bits per heavy atom. The second-order valence-electron chi connectivity index (χ2n) is 13.2. The summed E-state index contributed by atoms with van der Waals surface area (Å²) in [5.74, 6) is 0. The molecule has 2 nitrogen and oxygen atoms in total. The highest BCUT2D eigenvalue weighted by molar-refractivity contribution is 7.30. The molecular weight excluding hydrogens is 521 g/mol. The lowest BCUT2D eigenvalue weighted by Gasteiger charge is -2.28. The molecule has 3 heterocycles. The van der Waals surface area contributed by atoms with Crippen LogP contribution >= 0.6 is 34.0 Å². The van der Waals surface area contributed by atoms with Crippen LogP contribution in [0.25, 0.3) is 41.1 Å². The van der Waals surface area contributed by atoms with Crippen molar-refractivity contribution in [2.45, 2.75) is 70.9 Å². The van der Waals surface area contributed by atoms with Gasteiger partial charge >= 0.3 is 0 Å². The van der Waals surface area contributed by atoms with Crippen LogP contribution in [0.3, 0.4) is 0 Å². The van der Waals surface area contributed by atoms with E-state index in [0.29, 0.717) is 0 Å². The highest BCUT2D eigenvalue weighted by atomic mass is 32.1. The van der Waals surface area contributed by atoms with Crippen LogP contribution < -0.4 is 10.6 Å². The van der Waals surface area contributed by atoms with Gasteiger partial charge in [-0.05, 0) is 82.6 Å². The number of rotatable bonds is 2. The Kier molecular flexibility index (Phi) is 5.12. The van der Waals surface area contributed by atoms with Crippen molar-refractivity contribution < 1.29 is 0 Å². The summed E-state index contributed by atoms with van der Waals surface area (Å²) in [4.78, 5) is 5.82. The van der Waals surface area contributed by atoms with Gasteiger partial charge in [0.05, 0.1) is 16.3 Å². The predicted molar refractivity (Wildman–Crippen MR) is 170 cm³/mol. The minimum Gasteiger partial charge on any atom is -0.309 e. The van der Waals surface area contributed by atoms with Crippen molar-refractivity contribution in [3.8, 4) is 20.9 Å². The van der Waals surface area contributed by atoms with Crippen LogP contribution in [0.15, 0.2) is 36.4 Å². The van der Waals surface area contributed by atoms with Crippen molar-refractivity contribution in [1.82, 2.24) is 10.6 Å². The fourth-order valence-electron chi connectivity index (χ4n) is 6.60. The zero-order valence-corrected chi connectivity index (χ0v) is 26.2. The maximum atomic E-state index is 3.80. The summed E-state index contributed by atoms with van der Waals surface area (Å²) in [6.07, 6.45) is 0. The number of benzene rings is 2. The van der Waals surface area contributed by atoms with Crippen LogP contribution in [0, 0.1) is 0 Å². The first kappa shape index (κ1) is 25.0. The van der Waals surface area contributed by atoms with E-state index in [9.17, 15) is 0 Å². The van der Waals surface area contributed by atoms with E-state index in [0.717, 1.165) is 0 Å². The third kappa shape index (κ3) is 3.11. The molecule has 2 aromatic carbocycles. The zero-order chi connectivity index (χ0) is 26.9. The van der Waals surface area contributed by atoms with Gasteiger partial charge in [0.15, 0.2) is 0 Å². The standard InChI is InChI=1S/C33H36N2S3/c1-31(2,3)22-14-20-27(34-8)24-16-10-13-19-25(17(16)11-12-18(24)28(20)37-22)33(7,35-9)26-29(19)36-21-15-23(32(4,5)6)38-30(21)26/h10-15,27,34-35H,1-9H3. The topological polar surface area (TPSA) is 24.1 Å². The quantitative estimate of drug-likeness (QED) is 0.226. The Bertz CT molecular complexity index is 1780. The minimum absolute atomic E-state index is 0.164. The largest absolute Gasteiger partial charge is 0.309 e. The van der Waals surface area contributed by atoms with E-state index in [1.165, 1.54) is 73.1 Å². The molecule has 5 heteroatoms. The molecule has 0 spiro atoms. The van der Waals surface area contributed by atoms with Crippen LogP contribution in [0.1, 0.15) is 86.5 Å². The van der Waals surface area contributed by atoms with Crippen LogP contribution in [0.5, 0.6) is 0 Å². The molecular formula is C33H36N2S3. The van der Waals surface area contributed by atoms with Gasteiger partial charge < -0.3 is 10.6 Å². The first-order valence-electron chi connectivity index (χ1n) is 13.6. The number of hydrogen-bond acceptors (Lipinski definition) is 5. The molecule has 2 atom stereocenters. The molecule has 0 radical (unpaired) electrons. The second-order valence-corrected chi connectivity index (χ2v) is 16.4. The van der Waals surface area contributed by atoms with Gasteiger partial charge in [0.2, 0.25) is 0 Å². The molecule has 0 fully saturated rings. The van der Waals surface area contributed by atoms with Crippen LogP contribution in [0.2, 0.25) is 0 Å². The highest BCUT2D eigenvalue weighted by Crippen LogP contribution is 2.60. The van der Waals surface area contributed by atoms with Crippen molar-refractivity contribution in [3.05, 3.63) is 68.4 Å². The molecule has 3 aromatic heterocycles. The molecule has 0 saturated heterocycles. The summed E-state index contributed by atoms with van der Waals surface area (Å²) in [5.41, 5.74) is 8.71. The van der Waals surface area contributed by atoms with Gasteiger partial charge in [-0.1, -0.05) is 65.8 Å². The Morgan fingerprint density at radius 3 is 2.05 bits per heavy atom. The fourth-order valence-corrected chi connectivity index (χ4v) is 10.8. The van der Waals surface area contributed by atoms with E-state index in [4.69, 9.17) is 0 Å². The van der Waals surface area contributed by atoms with E-state index in [1.54, 1.807) is 0 Å². The Hall–Kier alpha value is -2.02. The average Bonchev–Trinajstić information content (AvgIpc) is 3.61. The lowest BCUT2D eigenvalue weighted by molar-refractivity contribution is 0.506. The summed E-state index contributed by atoms with van der Waals surface area (Å²) in [5, 5.41) is 10.3. The van der Waals surface area contributed by atoms with Crippen LogP contribution in [-0.2, 0) is 16.4 Å². The molecule has 2 aliphatic carbocycles. The highest BCUT2D eigenvalue weighted by Gasteiger charge is 2.44. The summed E-state index contributed by atoms with van der Waals surface area (Å²) in [6.45, 7) is 16.3. The SMILES string of the molecule is CNC1c2cc(C(C)(C)C)sc2-c2ccc3c4c(ccc3c21)-c1sc2cc(C(C)(C)C)sc2c1C4(C)NC. The lowest BCUT2D eigenvalue weighted by atomic mass is 9.84. The number of thiophene rings is 3. The molecule has 0 bridgehead atoms. The van der Waals surface area contributed by atoms with Gasteiger partial charge in [0, 0.05) is 29.8 Å². The van der Waals surface area contributed by atoms with E-state index in [2.05, 4.69) is 110 Å². The third-order valence-electron chi connectivity index (χ3n) is 8.72. The molecule has 0 amide bonds. The second kappa shape index (κ2) is 7.80. The van der Waals surface area contributed by atoms with E-state index >= 15 is 0 Å². The average molecular weight is 557 g/mol. The van der Waals surface area contributed by atoms with Gasteiger partial charge in [-0.15, -0.1) is 34.0 Å². The number of hydrogen-bond donors (Lipinski definition) is 2. The van der Waals surface area contributed by atoms with Crippen molar-refractivity contribution in [2.24, 2.45) is 0 Å². The number of fused-ring (bicyclic) bond motifs is 11. The minimum atomic E-state index is -0.228. The summed E-state index contributed by atoms with van der Waals surface area (Å²) in [6, 6.07) is 14.7.